The van der Waals surface area contributed by atoms with Crippen LogP contribution in [0.15, 0.2) is 12.2 Å². The van der Waals surface area contributed by atoms with Crippen LogP contribution in [0.5, 0.6) is 0 Å². The second kappa shape index (κ2) is 2.30. The molecule has 2 aliphatic rings. The summed E-state index contributed by atoms with van der Waals surface area (Å²) in [5.41, 5.74) is 0.631. The van der Waals surface area contributed by atoms with Crippen LogP contribution in [-0.4, -0.2) is 34.6 Å². The van der Waals surface area contributed by atoms with Gasteiger partial charge in [-0.25, -0.2) is 0 Å². The average molecular weight is 156 g/mol. The number of aliphatic hydroxyl groups excluding tert-OH is 2. The van der Waals surface area contributed by atoms with E-state index in [9.17, 15) is 10.2 Å². The molecule has 2 fully saturated rings. The molecule has 0 radical (unpaired) electrons. The lowest BCUT2D eigenvalue weighted by atomic mass is 9.99. The van der Waals surface area contributed by atoms with Crippen LogP contribution in [0.2, 0.25) is 0 Å². The molecule has 2 bridgehead atoms. The first-order chi connectivity index (χ1) is 5.20. The van der Waals surface area contributed by atoms with Gasteiger partial charge in [-0.2, -0.15) is 0 Å². The first-order valence-corrected chi connectivity index (χ1v) is 3.90. The van der Waals surface area contributed by atoms with E-state index in [1.807, 2.05) is 0 Å². The Labute approximate surface area is 65.3 Å². The maximum absolute atomic E-state index is 9.40. The van der Waals surface area contributed by atoms with Crippen LogP contribution < -0.4 is 0 Å². The van der Waals surface area contributed by atoms with E-state index in [-0.39, 0.29) is 12.2 Å². The summed E-state index contributed by atoms with van der Waals surface area (Å²) >= 11 is 0. The zero-order valence-corrected chi connectivity index (χ0v) is 6.23. The van der Waals surface area contributed by atoms with Crippen LogP contribution in [0.1, 0.15) is 12.8 Å². The van der Waals surface area contributed by atoms with Crippen LogP contribution in [0.25, 0.3) is 0 Å². The van der Waals surface area contributed by atoms with Crippen molar-refractivity contribution in [3.8, 4) is 0 Å². The Kier molecular flexibility index (Phi) is 1.52. The molecular weight excluding hydrogens is 144 g/mol. The van der Waals surface area contributed by atoms with Crippen molar-refractivity contribution in [3.63, 3.8) is 0 Å². The fourth-order valence-electron chi connectivity index (χ4n) is 1.80. The Morgan fingerprint density at radius 1 is 1.36 bits per heavy atom. The third-order valence-electron chi connectivity index (χ3n) is 2.55. The van der Waals surface area contributed by atoms with E-state index in [1.165, 1.54) is 0 Å². The normalized spacial score (nSPS) is 49.8. The number of hydrogen-bond donors (Lipinski definition) is 2. The molecule has 0 aliphatic carbocycles. The summed E-state index contributed by atoms with van der Waals surface area (Å²) < 4.78 is 5.38. The Morgan fingerprint density at radius 2 is 2.09 bits per heavy atom. The molecule has 4 atom stereocenters. The number of aliphatic hydroxyl groups is 2. The molecule has 0 amide bonds. The number of ether oxygens (including phenoxy) is 1. The van der Waals surface area contributed by atoms with Gasteiger partial charge >= 0.3 is 0 Å². The molecule has 4 unspecified atom stereocenters. The lowest BCUT2D eigenvalue weighted by Gasteiger charge is -2.31. The molecule has 0 aromatic heterocycles. The smallest absolute Gasteiger partial charge is 0.110 e. The molecule has 62 valence electrons. The molecule has 11 heavy (non-hydrogen) atoms. The molecule has 2 heterocycles. The Balaban J connectivity index is 2.23. The lowest BCUT2D eigenvalue weighted by molar-refractivity contribution is -0.104. The minimum atomic E-state index is -0.777. The van der Waals surface area contributed by atoms with Gasteiger partial charge < -0.3 is 14.9 Å². The van der Waals surface area contributed by atoms with Crippen molar-refractivity contribution < 1.29 is 14.9 Å². The van der Waals surface area contributed by atoms with Crippen molar-refractivity contribution >= 4 is 0 Å². The summed E-state index contributed by atoms with van der Waals surface area (Å²) in [5.74, 6) is 0. The van der Waals surface area contributed by atoms with E-state index in [0.717, 1.165) is 12.8 Å². The lowest BCUT2D eigenvalue weighted by Crippen LogP contribution is -2.44. The summed E-state index contributed by atoms with van der Waals surface area (Å²) in [4.78, 5) is 0. The summed E-state index contributed by atoms with van der Waals surface area (Å²) in [5, 5.41) is 18.8. The van der Waals surface area contributed by atoms with Crippen molar-refractivity contribution in [2.24, 2.45) is 0 Å². The summed E-state index contributed by atoms with van der Waals surface area (Å²) in [6.07, 6.45) is 0.000833. The molecule has 2 N–H and O–H groups in total. The first kappa shape index (κ1) is 7.28. The molecule has 0 aromatic carbocycles. The van der Waals surface area contributed by atoms with Gasteiger partial charge in [-0.15, -0.1) is 0 Å². The minimum absolute atomic E-state index is 0.0154. The van der Waals surface area contributed by atoms with Crippen LogP contribution in [0.4, 0.5) is 0 Å². The van der Waals surface area contributed by atoms with E-state index < -0.39 is 12.2 Å². The van der Waals surface area contributed by atoms with Gasteiger partial charge in [0, 0.05) is 0 Å². The van der Waals surface area contributed by atoms with Gasteiger partial charge in [-0.3, -0.25) is 0 Å². The summed E-state index contributed by atoms with van der Waals surface area (Å²) in [7, 11) is 0. The van der Waals surface area contributed by atoms with Gasteiger partial charge in [0.2, 0.25) is 0 Å². The molecular formula is C8H12O3. The topological polar surface area (TPSA) is 49.7 Å². The fourth-order valence-corrected chi connectivity index (χ4v) is 1.80. The standard InChI is InChI=1S/C8H12O3/c1-4-5-2-3-6(11-5)8(10)7(4)9/h5-10H,1-3H2. The highest BCUT2D eigenvalue weighted by Gasteiger charge is 2.43. The summed E-state index contributed by atoms with van der Waals surface area (Å²) in [6, 6.07) is 0. The van der Waals surface area contributed by atoms with Crippen LogP contribution in [0.3, 0.4) is 0 Å². The SMILES string of the molecule is C=C1C2CCC(O2)C(O)C1O. The monoisotopic (exact) mass is 156 g/mol. The zero-order valence-electron chi connectivity index (χ0n) is 6.23. The quantitative estimate of drug-likeness (QED) is 0.478. The van der Waals surface area contributed by atoms with Crippen LogP contribution >= 0.6 is 0 Å². The number of hydrogen-bond acceptors (Lipinski definition) is 3. The highest BCUT2D eigenvalue weighted by molar-refractivity contribution is 5.18. The summed E-state index contributed by atoms with van der Waals surface area (Å²) in [6.45, 7) is 3.69. The molecule has 2 saturated heterocycles. The van der Waals surface area contributed by atoms with E-state index >= 15 is 0 Å². The Hall–Kier alpha value is -0.380. The van der Waals surface area contributed by atoms with E-state index in [2.05, 4.69) is 6.58 Å². The molecule has 0 saturated carbocycles. The minimum Gasteiger partial charge on any atom is -0.387 e. The second-order valence-corrected chi connectivity index (χ2v) is 3.25. The highest BCUT2D eigenvalue weighted by atomic mass is 16.5. The van der Waals surface area contributed by atoms with Gasteiger partial charge in [0.25, 0.3) is 0 Å². The largest absolute Gasteiger partial charge is 0.387 e. The Morgan fingerprint density at radius 3 is 2.82 bits per heavy atom. The van der Waals surface area contributed by atoms with Crippen molar-refractivity contribution in [2.45, 2.75) is 37.3 Å². The second-order valence-electron chi connectivity index (χ2n) is 3.25. The van der Waals surface area contributed by atoms with Crippen molar-refractivity contribution in [3.05, 3.63) is 12.2 Å². The average Bonchev–Trinajstić information content (AvgIpc) is 2.44. The molecule has 0 spiro atoms. The van der Waals surface area contributed by atoms with Gasteiger partial charge in [0.05, 0.1) is 12.2 Å². The molecule has 2 rings (SSSR count). The van der Waals surface area contributed by atoms with Gasteiger partial charge in [0.15, 0.2) is 0 Å². The zero-order chi connectivity index (χ0) is 8.01. The van der Waals surface area contributed by atoms with E-state index in [0.29, 0.717) is 5.57 Å². The number of rotatable bonds is 0. The van der Waals surface area contributed by atoms with E-state index in [1.54, 1.807) is 0 Å². The van der Waals surface area contributed by atoms with Crippen molar-refractivity contribution in [2.75, 3.05) is 0 Å². The molecule has 0 aromatic rings. The molecule has 2 aliphatic heterocycles. The predicted octanol–water partition coefficient (Wildman–Crippen LogP) is -0.174. The van der Waals surface area contributed by atoms with E-state index in [4.69, 9.17) is 4.74 Å². The van der Waals surface area contributed by atoms with Crippen LogP contribution in [0, 0.1) is 0 Å². The van der Waals surface area contributed by atoms with Crippen molar-refractivity contribution in [1.82, 2.24) is 0 Å². The predicted molar refractivity (Wildman–Crippen MR) is 39.0 cm³/mol. The fraction of sp³-hybridized carbons (Fsp3) is 0.750. The molecule has 3 nitrogen and oxygen atoms in total. The first-order valence-electron chi connectivity index (χ1n) is 3.90. The molecule has 3 heteroatoms. The maximum Gasteiger partial charge on any atom is 0.110 e. The number of fused-ring (bicyclic) bond motifs is 2. The third kappa shape index (κ3) is 0.922. The van der Waals surface area contributed by atoms with Crippen LogP contribution in [-0.2, 0) is 4.74 Å². The Bertz CT molecular complexity index is 190. The maximum atomic E-state index is 9.40. The van der Waals surface area contributed by atoms with Gasteiger partial charge in [-0.1, -0.05) is 6.58 Å². The van der Waals surface area contributed by atoms with Gasteiger partial charge in [-0.05, 0) is 18.4 Å². The van der Waals surface area contributed by atoms with Crippen molar-refractivity contribution in [1.29, 1.82) is 0 Å². The third-order valence-corrected chi connectivity index (χ3v) is 2.55. The highest BCUT2D eigenvalue weighted by Crippen LogP contribution is 2.35. The van der Waals surface area contributed by atoms with Gasteiger partial charge in [0.1, 0.15) is 12.2 Å².